The van der Waals surface area contributed by atoms with E-state index in [1.165, 1.54) is 7.11 Å². The van der Waals surface area contributed by atoms with Crippen molar-refractivity contribution in [1.29, 1.82) is 0 Å². The van der Waals surface area contributed by atoms with Crippen molar-refractivity contribution in [2.24, 2.45) is 0 Å². The monoisotopic (exact) mass is 254 g/mol. The highest BCUT2D eigenvalue weighted by Gasteiger charge is 2.27. The highest BCUT2D eigenvalue weighted by Crippen LogP contribution is 2.24. The number of hydrogen-bond acceptors (Lipinski definition) is 5. The van der Waals surface area contributed by atoms with Crippen molar-refractivity contribution in [3.63, 3.8) is 0 Å². The number of hydrogen-bond donors (Lipinski definition) is 0. The largest absolute Gasteiger partial charge is 0.463 e. The van der Waals surface area contributed by atoms with E-state index in [0.717, 1.165) is 6.29 Å². The van der Waals surface area contributed by atoms with Crippen LogP contribution in [0.1, 0.15) is 19.8 Å². The number of ether oxygens (including phenoxy) is 3. The zero-order chi connectivity index (χ0) is 13.5. The van der Waals surface area contributed by atoms with Gasteiger partial charge in [-0.15, -0.1) is 0 Å². The lowest BCUT2D eigenvalue weighted by Gasteiger charge is -2.14. The number of esters is 1. The van der Waals surface area contributed by atoms with Gasteiger partial charge < -0.3 is 14.2 Å². The molecule has 0 radical (unpaired) electrons. The molecule has 0 N–H and O–H groups in total. The van der Waals surface area contributed by atoms with Crippen LogP contribution in [0.4, 0.5) is 0 Å². The topological polar surface area (TPSA) is 61.8 Å². The molecule has 0 aromatic heterocycles. The Balaban J connectivity index is 2.44. The van der Waals surface area contributed by atoms with Crippen LogP contribution < -0.4 is 0 Å². The number of aldehydes is 1. The molecule has 5 heteroatoms. The second-order valence-corrected chi connectivity index (χ2v) is 3.88. The molecule has 0 unspecified atom stereocenters. The molecule has 1 heterocycles. The van der Waals surface area contributed by atoms with Crippen LogP contribution in [0.3, 0.4) is 0 Å². The van der Waals surface area contributed by atoms with E-state index < -0.39 is 12.3 Å². The lowest BCUT2D eigenvalue weighted by atomic mass is 10.0. The van der Waals surface area contributed by atoms with E-state index in [0.29, 0.717) is 30.6 Å². The van der Waals surface area contributed by atoms with Crippen molar-refractivity contribution in [2.75, 3.05) is 13.7 Å². The Morgan fingerprint density at radius 1 is 1.61 bits per heavy atom. The smallest absolute Gasteiger partial charge is 0.333 e. The molecule has 0 aromatic carbocycles. The average molecular weight is 254 g/mol. The summed E-state index contributed by atoms with van der Waals surface area (Å²) in [5.41, 5.74) is 0.921. The zero-order valence-corrected chi connectivity index (χ0v) is 10.7. The summed E-state index contributed by atoms with van der Waals surface area (Å²) in [5, 5.41) is 0. The molecular weight excluding hydrogens is 236 g/mol. The third-order valence-electron chi connectivity index (χ3n) is 2.64. The molecule has 5 nitrogen and oxygen atoms in total. The molecule has 0 saturated heterocycles. The minimum absolute atomic E-state index is 0.322. The van der Waals surface area contributed by atoms with Gasteiger partial charge in [0.25, 0.3) is 0 Å². The number of carbonyl (C=O) groups is 2. The normalized spacial score (nSPS) is 22.4. The van der Waals surface area contributed by atoms with Gasteiger partial charge in [-0.2, -0.15) is 0 Å². The van der Waals surface area contributed by atoms with Crippen molar-refractivity contribution >= 4 is 12.3 Å². The first-order valence-corrected chi connectivity index (χ1v) is 5.82. The van der Waals surface area contributed by atoms with Gasteiger partial charge in [-0.1, -0.05) is 6.58 Å². The fourth-order valence-electron chi connectivity index (χ4n) is 1.66. The van der Waals surface area contributed by atoms with Crippen LogP contribution in [-0.2, 0) is 23.8 Å². The summed E-state index contributed by atoms with van der Waals surface area (Å²) in [6.45, 7) is 5.72. The minimum atomic E-state index is -0.494. The third-order valence-corrected chi connectivity index (χ3v) is 2.64. The van der Waals surface area contributed by atoms with Crippen LogP contribution in [0, 0.1) is 0 Å². The maximum absolute atomic E-state index is 11.3. The van der Waals surface area contributed by atoms with E-state index in [4.69, 9.17) is 14.2 Å². The average Bonchev–Trinajstić information content (AvgIpc) is 2.78. The second-order valence-electron chi connectivity index (χ2n) is 3.88. The van der Waals surface area contributed by atoms with Gasteiger partial charge in [-0.3, -0.25) is 4.79 Å². The zero-order valence-electron chi connectivity index (χ0n) is 10.7. The number of methoxy groups -OCH3 is 1. The molecule has 18 heavy (non-hydrogen) atoms. The number of carbonyl (C=O) groups excluding carboxylic acids is 2. The second kappa shape index (κ2) is 7.08. The summed E-state index contributed by atoms with van der Waals surface area (Å²) >= 11 is 0. The summed E-state index contributed by atoms with van der Waals surface area (Å²) in [4.78, 5) is 22.2. The van der Waals surface area contributed by atoms with Crippen LogP contribution in [0.25, 0.3) is 0 Å². The van der Waals surface area contributed by atoms with Gasteiger partial charge in [0.05, 0.1) is 12.7 Å². The first kappa shape index (κ1) is 14.6. The molecule has 0 saturated carbocycles. The quantitative estimate of drug-likeness (QED) is 0.390. The summed E-state index contributed by atoms with van der Waals surface area (Å²) < 4.78 is 15.3. The van der Waals surface area contributed by atoms with E-state index in [2.05, 4.69) is 6.58 Å². The van der Waals surface area contributed by atoms with Gasteiger partial charge >= 0.3 is 5.97 Å². The fourth-order valence-corrected chi connectivity index (χ4v) is 1.66. The lowest BCUT2D eigenvalue weighted by Crippen LogP contribution is -2.17. The predicted octanol–water partition coefficient (Wildman–Crippen LogP) is 1.38. The Morgan fingerprint density at radius 3 is 2.89 bits per heavy atom. The molecule has 100 valence electrons. The number of rotatable bonds is 7. The minimum Gasteiger partial charge on any atom is -0.463 e. The van der Waals surface area contributed by atoms with Gasteiger partial charge in [-0.05, 0) is 25.8 Å². The standard InChI is InChI=1S/C13H18O5/c1-4-17-13(15)9(2)5-6-11-10(8-14)7-12(16-3)18-11/h7-8,11-12H,2,4-6H2,1,3H3/t11-,12+/m1/s1. The van der Waals surface area contributed by atoms with Crippen molar-refractivity contribution in [3.8, 4) is 0 Å². The van der Waals surface area contributed by atoms with Crippen molar-refractivity contribution in [3.05, 3.63) is 23.8 Å². The molecule has 2 atom stereocenters. The Kier molecular flexibility index (Phi) is 5.74. The van der Waals surface area contributed by atoms with Gasteiger partial charge in [-0.25, -0.2) is 4.79 Å². The lowest BCUT2D eigenvalue weighted by molar-refractivity contribution is -0.138. The summed E-state index contributed by atoms with van der Waals surface area (Å²) in [6, 6.07) is 0. The molecule has 1 aliphatic rings. The maximum Gasteiger partial charge on any atom is 0.333 e. The van der Waals surface area contributed by atoms with Crippen molar-refractivity contribution < 1.29 is 23.8 Å². The maximum atomic E-state index is 11.3. The van der Waals surface area contributed by atoms with Crippen LogP contribution >= 0.6 is 0 Å². The fraction of sp³-hybridized carbons (Fsp3) is 0.538. The van der Waals surface area contributed by atoms with E-state index in [9.17, 15) is 9.59 Å². The Bertz CT molecular complexity index is 358. The first-order chi connectivity index (χ1) is 8.62. The molecule has 1 aliphatic heterocycles. The van der Waals surface area contributed by atoms with Crippen LogP contribution in [-0.4, -0.2) is 38.4 Å². The summed E-state index contributed by atoms with van der Waals surface area (Å²) in [6.07, 6.45) is 2.46. The Hall–Kier alpha value is -1.46. The molecule has 0 aliphatic carbocycles. The van der Waals surface area contributed by atoms with Crippen LogP contribution in [0.15, 0.2) is 23.8 Å². The van der Waals surface area contributed by atoms with E-state index >= 15 is 0 Å². The molecule has 0 aromatic rings. The molecular formula is C13H18O5. The van der Waals surface area contributed by atoms with Gasteiger partial charge in [0, 0.05) is 18.3 Å². The highest BCUT2D eigenvalue weighted by atomic mass is 16.7. The SMILES string of the molecule is C=C(CC[C@H]1O[C@H](OC)C=C1C=O)C(=O)OCC. The van der Waals surface area contributed by atoms with Gasteiger partial charge in [0.2, 0.25) is 0 Å². The summed E-state index contributed by atoms with van der Waals surface area (Å²) in [5.74, 6) is -0.407. The first-order valence-electron chi connectivity index (χ1n) is 5.82. The van der Waals surface area contributed by atoms with E-state index in [1.54, 1.807) is 13.0 Å². The third kappa shape index (κ3) is 3.78. The predicted molar refractivity (Wildman–Crippen MR) is 64.8 cm³/mol. The van der Waals surface area contributed by atoms with Crippen molar-refractivity contribution in [2.45, 2.75) is 32.2 Å². The highest BCUT2D eigenvalue weighted by molar-refractivity contribution is 5.87. The molecule has 0 bridgehead atoms. The Labute approximate surface area is 106 Å². The van der Waals surface area contributed by atoms with Crippen molar-refractivity contribution in [1.82, 2.24) is 0 Å². The van der Waals surface area contributed by atoms with E-state index in [-0.39, 0.29) is 6.10 Å². The molecule has 0 fully saturated rings. The molecule has 0 amide bonds. The molecule has 0 spiro atoms. The van der Waals surface area contributed by atoms with Gasteiger partial charge in [0.15, 0.2) is 6.29 Å². The molecule has 1 rings (SSSR count). The van der Waals surface area contributed by atoms with E-state index in [1.807, 2.05) is 0 Å². The van der Waals surface area contributed by atoms with Crippen LogP contribution in [0.2, 0.25) is 0 Å². The van der Waals surface area contributed by atoms with Crippen LogP contribution in [0.5, 0.6) is 0 Å². The Morgan fingerprint density at radius 2 is 2.33 bits per heavy atom. The summed E-state index contributed by atoms with van der Waals surface area (Å²) in [7, 11) is 1.50. The van der Waals surface area contributed by atoms with Gasteiger partial charge in [0.1, 0.15) is 6.29 Å².